The number of anilines is 1. The van der Waals surface area contributed by atoms with E-state index < -0.39 is 5.97 Å². The van der Waals surface area contributed by atoms with Gasteiger partial charge in [-0.15, -0.1) is 0 Å². The fourth-order valence-electron chi connectivity index (χ4n) is 3.85. The first-order valence-corrected chi connectivity index (χ1v) is 8.08. The third kappa shape index (κ3) is 2.23. The number of allylic oxidation sites excluding steroid dienone is 2. The fourth-order valence-corrected chi connectivity index (χ4v) is 4.07. The topological polar surface area (TPSA) is 49.3 Å². The largest absolute Gasteiger partial charge is 0.478 e. The zero-order valence-electron chi connectivity index (χ0n) is 12.4. The van der Waals surface area contributed by atoms with Crippen LogP contribution in [0.5, 0.6) is 0 Å². The Morgan fingerprint density at radius 1 is 1.17 bits per heavy atom. The molecular weight excluding hydrogens is 310 g/mol. The molecule has 23 heavy (non-hydrogen) atoms. The SMILES string of the molecule is O=C(O)c1ccc(Cl)c2c1[C@@H]1C=CC[C@H]1[C@H](c1ccccc1)N2. The number of halogens is 1. The van der Waals surface area contributed by atoms with Crippen molar-refractivity contribution in [2.75, 3.05) is 5.32 Å². The van der Waals surface area contributed by atoms with Crippen LogP contribution in [0.1, 0.15) is 39.9 Å². The van der Waals surface area contributed by atoms with Crippen molar-refractivity contribution in [3.05, 3.63) is 76.3 Å². The summed E-state index contributed by atoms with van der Waals surface area (Å²) in [5.41, 5.74) is 3.11. The van der Waals surface area contributed by atoms with Gasteiger partial charge < -0.3 is 10.4 Å². The normalized spacial score (nSPS) is 24.7. The van der Waals surface area contributed by atoms with Crippen molar-refractivity contribution in [2.45, 2.75) is 18.4 Å². The van der Waals surface area contributed by atoms with Crippen LogP contribution in [0.4, 0.5) is 5.69 Å². The zero-order chi connectivity index (χ0) is 16.0. The number of carboxylic acids is 1. The summed E-state index contributed by atoms with van der Waals surface area (Å²) in [5, 5.41) is 13.6. The minimum Gasteiger partial charge on any atom is -0.478 e. The molecule has 0 saturated heterocycles. The molecule has 1 aliphatic carbocycles. The molecule has 1 aliphatic heterocycles. The van der Waals surface area contributed by atoms with E-state index in [0.717, 1.165) is 17.7 Å². The maximum absolute atomic E-state index is 11.6. The van der Waals surface area contributed by atoms with Crippen LogP contribution in [0, 0.1) is 5.92 Å². The third-order valence-electron chi connectivity index (χ3n) is 4.86. The molecule has 0 bridgehead atoms. The highest BCUT2D eigenvalue weighted by atomic mass is 35.5. The summed E-state index contributed by atoms with van der Waals surface area (Å²) in [6.07, 6.45) is 5.21. The lowest BCUT2D eigenvalue weighted by atomic mass is 9.75. The lowest BCUT2D eigenvalue weighted by Crippen LogP contribution is -2.30. The summed E-state index contributed by atoms with van der Waals surface area (Å²) in [6, 6.07) is 13.7. The van der Waals surface area contributed by atoms with E-state index in [2.05, 4.69) is 29.6 Å². The summed E-state index contributed by atoms with van der Waals surface area (Å²) in [7, 11) is 0. The van der Waals surface area contributed by atoms with Gasteiger partial charge in [0.15, 0.2) is 0 Å². The fraction of sp³-hybridized carbons (Fsp3) is 0.211. The second-order valence-electron chi connectivity index (χ2n) is 6.07. The van der Waals surface area contributed by atoms with Crippen molar-refractivity contribution < 1.29 is 9.90 Å². The Balaban J connectivity index is 1.89. The number of carbonyl (C=O) groups is 1. The number of hydrogen-bond donors (Lipinski definition) is 2. The maximum atomic E-state index is 11.6. The van der Waals surface area contributed by atoms with E-state index in [4.69, 9.17) is 11.6 Å². The average molecular weight is 326 g/mol. The number of rotatable bonds is 2. The molecular formula is C19H16ClNO2. The van der Waals surface area contributed by atoms with Crippen LogP contribution < -0.4 is 5.32 Å². The van der Waals surface area contributed by atoms with Gasteiger partial charge in [0, 0.05) is 5.92 Å². The van der Waals surface area contributed by atoms with Gasteiger partial charge in [-0.2, -0.15) is 0 Å². The Morgan fingerprint density at radius 3 is 2.70 bits per heavy atom. The van der Waals surface area contributed by atoms with Crippen LogP contribution in [0.25, 0.3) is 0 Å². The Morgan fingerprint density at radius 2 is 1.96 bits per heavy atom. The van der Waals surface area contributed by atoms with Gasteiger partial charge in [0.05, 0.1) is 22.3 Å². The van der Waals surface area contributed by atoms with Crippen molar-refractivity contribution in [3.8, 4) is 0 Å². The molecule has 0 saturated carbocycles. The second kappa shape index (κ2) is 5.43. The Labute approximate surface area is 139 Å². The predicted molar refractivity (Wildman–Crippen MR) is 91.2 cm³/mol. The predicted octanol–water partition coefficient (Wildman–Crippen LogP) is 4.86. The van der Waals surface area contributed by atoms with E-state index >= 15 is 0 Å². The first-order valence-electron chi connectivity index (χ1n) is 7.70. The number of fused-ring (bicyclic) bond motifs is 3. The number of nitrogens with one attached hydrogen (secondary N) is 1. The van der Waals surface area contributed by atoms with Crippen molar-refractivity contribution in [3.63, 3.8) is 0 Å². The smallest absolute Gasteiger partial charge is 0.336 e. The summed E-state index contributed by atoms with van der Waals surface area (Å²) in [6.45, 7) is 0. The minimum atomic E-state index is -0.906. The molecule has 2 aromatic rings. The van der Waals surface area contributed by atoms with Crippen molar-refractivity contribution in [2.24, 2.45) is 5.92 Å². The van der Waals surface area contributed by atoms with Crippen molar-refractivity contribution in [1.82, 2.24) is 0 Å². The van der Waals surface area contributed by atoms with Crippen LogP contribution in [0.3, 0.4) is 0 Å². The Hall–Kier alpha value is -2.26. The quantitative estimate of drug-likeness (QED) is 0.775. The molecule has 1 heterocycles. The van der Waals surface area contributed by atoms with E-state index in [1.807, 2.05) is 18.2 Å². The van der Waals surface area contributed by atoms with Gasteiger partial charge in [-0.1, -0.05) is 54.1 Å². The molecule has 0 amide bonds. The molecule has 0 spiro atoms. The molecule has 2 N–H and O–H groups in total. The van der Waals surface area contributed by atoms with E-state index in [1.165, 1.54) is 5.56 Å². The lowest BCUT2D eigenvalue weighted by Gasteiger charge is -2.38. The van der Waals surface area contributed by atoms with Crippen LogP contribution in [-0.4, -0.2) is 11.1 Å². The number of carboxylic acid groups (broad SMARTS) is 1. The number of benzene rings is 2. The van der Waals surface area contributed by atoms with Crippen LogP contribution in [0.15, 0.2) is 54.6 Å². The standard InChI is InChI=1S/C19H16ClNO2/c20-15-10-9-14(19(22)23)16-12-7-4-8-13(12)17(21-18(15)16)11-5-2-1-3-6-11/h1-7,9-10,12-13,17,21H,8H2,(H,22,23)/t12-,13-,17+/m1/s1. The van der Waals surface area contributed by atoms with E-state index in [1.54, 1.807) is 12.1 Å². The first-order chi connectivity index (χ1) is 11.2. The Kier molecular flexibility index (Phi) is 3.38. The molecule has 3 nitrogen and oxygen atoms in total. The highest BCUT2D eigenvalue weighted by Gasteiger charge is 2.40. The van der Waals surface area contributed by atoms with Crippen molar-refractivity contribution in [1.29, 1.82) is 0 Å². The summed E-state index contributed by atoms with van der Waals surface area (Å²) < 4.78 is 0. The van der Waals surface area contributed by atoms with Crippen molar-refractivity contribution >= 4 is 23.3 Å². The second-order valence-corrected chi connectivity index (χ2v) is 6.48. The van der Waals surface area contributed by atoms with Gasteiger partial charge in [-0.3, -0.25) is 0 Å². The van der Waals surface area contributed by atoms with Crippen LogP contribution >= 0.6 is 11.6 Å². The minimum absolute atomic E-state index is 0.0845. The molecule has 0 aromatic heterocycles. The maximum Gasteiger partial charge on any atom is 0.336 e. The van der Waals surface area contributed by atoms with E-state index in [9.17, 15) is 9.90 Å². The van der Waals surface area contributed by atoms with Gasteiger partial charge in [-0.05, 0) is 35.6 Å². The monoisotopic (exact) mass is 325 g/mol. The molecule has 116 valence electrons. The van der Waals surface area contributed by atoms with Crippen LogP contribution in [0.2, 0.25) is 5.02 Å². The zero-order valence-corrected chi connectivity index (χ0v) is 13.1. The summed E-state index contributed by atoms with van der Waals surface area (Å²) >= 11 is 6.38. The lowest BCUT2D eigenvalue weighted by molar-refractivity contribution is 0.0695. The van der Waals surface area contributed by atoms with Gasteiger partial charge in [0.25, 0.3) is 0 Å². The van der Waals surface area contributed by atoms with Gasteiger partial charge in [-0.25, -0.2) is 4.79 Å². The summed E-state index contributed by atoms with van der Waals surface area (Å²) in [4.78, 5) is 11.6. The molecule has 2 aliphatic rings. The highest BCUT2D eigenvalue weighted by Crippen LogP contribution is 2.52. The Bertz CT molecular complexity index is 801. The molecule has 4 rings (SSSR count). The number of aromatic carboxylic acids is 1. The third-order valence-corrected chi connectivity index (χ3v) is 5.17. The molecule has 2 aromatic carbocycles. The van der Waals surface area contributed by atoms with E-state index in [-0.39, 0.29) is 12.0 Å². The molecule has 3 atom stereocenters. The summed E-state index contributed by atoms with van der Waals surface area (Å²) in [5.74, 6) is -0.514. The van der Waals surface area contributed by atoms with Gasteiger partial charge >= 0.3 is 5.97 Å². The van der Waals surface area contributed by atoms with Crippen LogP contribution in [-0.2, 0) is 0 Å². The molecule has 0 radical (unpaired) electrons. The van der Waals surface area contributed by atoms with E-state index in [0.29, 0.717) is 16.5 Å². The number of hydrogen-bond acceptors (Lipinski definition) is 2. The molecule has 0 fully saturated rings. The van der Waals surface area contributed by atoms with Gasteiger partial charge in [0.2, 0.25) is 0 Å². The molecule has 0 unspecified atom stereocenters. The van der Waals surface area contributed by atoms with Gasteiger partial charge in [0.1, 0.15) is 0 Å². The molecule has 4 heteroatoms. The average Bonchev–Trinajstić information content (AvgIpc) is 3.05. The highest BCUT2D eigenvalue weighted by molar-refractivity contribution is 6.33. The first kappa shape index (κ1) is 14.3.